The van der Waals surface area contributed by atoms with E-state index in [0.717, 1.165) is 30.6 Å². The molecule has 0 amide bonds. The zero-order valence-corrected chi connectivity index (χ0v) is 11.1. The molecule has 0 saturated heterocycles. The summed E-state index contributed by atoms with van der Waals surface area (Å²) in [4.78, 5) is 0. The van der Waals surface area contributed by atoms with Crippen molar-refractivity contribution in [3.8, 4) is 5.75 Å². The van der Waals surface area contributed by atoms with Crippen LogP contribution in [0.5, 0.6) is 5.75 Å². The van der Waals surface area contributed by atoms with E-state index < -0.39 is 6.10 Å². The van der Waals surface area contributed by atoms with Crippen LogP contribution in [0.2, 0.25) is 0 Å². The fourth-order valence-electron chi connectivity index (χ4n) is 2.22. The lowest BCUT2D eigenvalue weighted by Gasteiger charge is -2.22. The smallest absolute Gasteiger partial charge is 0.119 e. The summed E-state index contributed by atoms with van der Waals surface area (Å²) in [5.41, 5.74) is 2.20. The molecular formula is C15H22O3. The van der Waals surface area contributed by atoms with E-state index in [1.807, 2.05) is 32.0 Å². The third-order valence-corrected chi connectivity index (χ3v) is 3.59. The first-order valence-electron chi connectivity index (χ1n) is 6.69. The standard InChI is InChI=1S/C15H22O3/c1-10(2)15(17)9-18-12-7-6-11-4-3-5-14(16)13(11)8-12/h6-8,10,14-17H,3-5,9H2,1-2H3. The van der Waals surface area contributed by atoms with E-state index in [-0.39, 0.29) is 12.0 Å². The topological polar surface area (TPSA) is 49.7 Å². The Labute approximate surface area is 108 Å². The molecule has 3 nitrogen and oxygen atoms in total. The third kappa shape index (κ3) is 3.03. The van der Waals surface area contributed by atoms with E-state index in [9.17, 15) is 10.2 Å². The molecule has 0 fully saturated rings. The van der Waals surface area contributed by atoms with E-state index >= 15 is 0 Å². The second-order valence-electron chi connectivity index (χ2n) is 5.39. The van der Waals surface area contributed by atoms with E-state index in [4.69, 9.17) is 4.74 Å². The van der Waals surface area contributed by atoms with Gasteiger partial charge in [0.25, 0.3) is 0 Å². The molecular weight excluding hydrogens is 228 g/mol. The summed E-state index contributed by atoms with van der Waals surface area (Å²) in [6.07, 6.45) is 2.07. The highest BCUT2D eigenvalue weighted by Gasteiger charge is 2.18. The van der Waals surface area contributed by atoms with Crippen molar-refractivity contribution in [2.24, 2.45) is 5.92 Å². The molecule has 0 bridgehead atoms. The van der Waals surface area contributed by atoms with E-state index in [1.54, 1.807) is 0 Å². The predicted octanol–water partition coefficient (Wildman–Crippen LogP) is 2.45. The SMILES string of the molecule is CC(C)C(O)COc1ccc2c(c1)C(O)CCC2. The van der Waals surface area contributed by atoms with Crippen molar-refractivity contribution in [1.29, 1.82) is 0 Å². The molecule has 0 heterocycles. The molecule has 1 aliphatic rings. The Hall–Kier alpha value is -1.06. The largest absolute Gasteiger partial charge is 0.491 e. The van der Waals surface area contributed by atoms with E-state index in [2.05, 4.69) is 0 Å². The molecule has 2 atom stereocenters. The first kappa shape index (κ1) is 13.4. The van der Waals surface area contributed by atoms with Gasteiger partial charge >= 0.3 is 0 Å². The number of hydrogen-bond donors (Lipinski definition) is 2. The minimum atomic E-state index is -0.453. The number of aliphatic hydroxyl groups is 2. The molecule has 3 heteroatoms. The zero-order chi connectivity index (χ0) is 13.1. The Morgan fingerprint density at radius 2 is 2.17 bits per heavy atom. The summed E-state index contributed by atoms with van der Waals surface area (Å²) in [5.74, 6) is 0.919. The maximum Gasteiger partial charge on any atom is 0.119 e. The molecule has 2 N–H and O–H groups in total. The maximum absolute atomic E-state index is 9.95. The predicted molar refractivity (Wildman–Crippen MR) is 70.7 cm³/mol. The van der Waals surface area contributed by atoms with Crippen molar-refractivity contribution in [3.63, 3.8) is 0 Å². The monoisotopic (exact) mass is 250 g/mol. The molecule has 1 aromatic rings. The van der Waals surface area contributed by atoms with Gasteiger partial charge < -0.3 is 14.9 Å². The van der Waals surface area contributed by atoms with Gasteiger partial charge in [-0.2, -0.15) is 0 Å². The van der Waals surface area contributed by atoms with Crippen LogP contribution in [0.1, 0.15) is 43.9 Å². The Morgan fingerprint density at radius 3 is 2.89 bits per heavy atom. The van der Waals surface area contributed by atoms with E-state index in [1.165, 1.54) is 5.56 Å². The van der Waals surface area contributed by atoms with Crippen molar-refractivity contribution in [1.82, 2.24) is 0 Å². The number of rotatable bonds is 4. The lowest BCUT2D eigenvalue weighted by atomic mass is 9.89. The van der Waals surface area contributed by atoms with E-state index in [0.29, 0.717) is 6.61 Å². The van der Waals surface area contributed by atoms with Crippen LogP contribution < -0.4 is 4.74 Å². The van der Waals surface area contributed by atoms with Crippen molar-refractivity contribution in [2.75, 3.05) is 6.61 Å². The Kier molecular flexibility index (Phi) is 4.25. The van der Waals surface area contributed by atoms with Gasteiger partial charge in [-0.15, -0.1) is 0 Å². The van der Waals surface area contributed by atoms with Crippen LogP contribution in [0.15, 0.2) is 18.2 Å². The van der Waals surface area contributed by atoms with Crippen LogP contribution in [-0.4, -0.2) is 22.9 Å². The van der Waals surface area contributed by atoms with Gasteiger partial charge in [0.15, 0.2) is 0 Å². The van der Waals surface area contributed by atoms with Gasteiger partial charge in [0.05, 0.1) is 12.2 Å². The van der Waals surface area contributed by atoms with Crippen LogP contribution in [0.3, 0.4) is 0 Å². The van der Waals surface area contributed by atoms with Gasteiger partial charge in [0.2, 0.25) is 0 Å². The molecule has 0 radical (unpaired) electrons. The first-order valence-corrected chi connectivity index (χ1v) is 6.69. The van der Waals surface area contributed by atoms with Crippen LogP contribution in [-0.2, 0) is 6.42 Å². The fraction of sp³-hybridized carbons (Fsp3) is 0.600. The average molecular weight is 250 g/mol. The summed E-state index contributed by atoms with van der Waals surface area (Å²) >= 11 is 0. The Morgan fingerprint density at radius 1 is 1.39 bits per heavy atom. The van der Waals surface area contributed by atoms with Crippen LogP contribution in [0.4, 0.5) is 0 Å². The molecule has 0 spiro atoms. The molecule has 1 aliphatic carbocycles. The highest BCUT2D eigenvalue weighted by atomic mass is 16.5. The summed E-state index contributed by atoms with van der Waals surface area (Å²) in [7, 11) is 0. The molecule has 1 aromatic carbocycles. The summed E-state index contributed by atoms with van der Waals surface area (Å²) in [6, 6.07) is 5.85. The quantitative estimate of drug-likeness (QED) is 0.863. The number of fused-ring (bicyclic) bond motifs is 1. The minimum Gasteiger partial charge on any atom is -0.491 e. The summed E-state index contributed by atoms with van der Waals surface area (Å²) < 4.78 is 5.58. The molecule has 0 aliphatic heterocycles. The molecule has 18 heavy (non-hydrogen) atoms. The molecule has 2 unspecified atom stereocenters. The Bertz CT molecular complexity index is 401. The van der Waals surface area contributed by atoms with Gasteiger partial charge in [-0.05, 0) is 48.4 Å². The molecule has 0 saturated carbocycles. The van der Waals surface area contributed by atoms with Crippen LogP contribution in [0, 0.1) is 5.92 Å². The maximum atomic E-state index is 9.95. The van der Waals surface area contributed by atoms with Crippen molar-refractivity contribution >= 4 is 0 Å². The van der Waals surface area contributed by atoms with Crippen molar-refractivity contribution < 1.29 is 14.9 Å². The average Bonchev–Trinajstić information content (AvgIpc) is 2.36. The minimum absolute atomic E-state index is 0.188. The first-order chi connectivity index (χ1) is 8.58. The lowest BCUT2D eigenvalue weighted by molar-refractivity contribution is 0.0699. The second-order valence-corrected chi connectivity index (χ2v) is 5.39. The third-order valence-electron chi connectivity index (χ3n) is 3.59. The number of aryl methyl sites for hydroxylation is 1. The summed E-state index contributed by atoms with van der Waals surface area (Å²) in [6.45, 7) is 4.22. The fourth-order valence-corrected chi connectivity index (χ4v) is 2.22. The molecule has 0 aromatic heterocycles. The van der Waals surface area contributed by atoms with Gasteiger partial charge in [0.1, 0.15) is 12.4 Å². The van der Waals surface area contributed by atoms with Crippen LogP contribution >= 0.6 is 0 Å². The molecule has 2 rings (SSSR count). The zero-order valence-electron chi connectivity index (χ0n) is 11.1. The second kappa shape index (κ2) is 5.72. The van der Waals surface area contributed by atoms with Crippen LogP contribution in [0.25, 0.3) is 0 Å². The number of aliphatic hydroxyl groups excluding tert-OH is 2. The van der Waals surface area contributed by atoms with Gasteiger partial charge in [0, 0.05) is 0 Å². The molecule has 100 valence electrons. The number of benzene rings is 1. The highest BCUT2D eigenvalue weighted by Crippen LogP contribution is 2.32. The van der Waals surface area contributed by atoms with Gasteiger partial charge in [-0.1, -0.05) is 19.9 Å². The van der Waals surface area contributed by atoms with Gasteiger partial charge in [-0.3, -0.25) is 0 Å². The normalized spacial score (nSPS) is 20.6. The van der Waals surface area contributed by atoms with Crippen molar-refractivity contribution in [3.05, 3.63) is 29.3 Å². The lowest BCUT2D eigenvalue weighted by Crippen LogP contribution is -2.23. The Balaban J connectivity index is 2.04. The van der Waals surface area contributed by atoms with Crippen molar-refractivity contribution in [2.45, 2.75) is 45.3 Å². The highest BCUT2D eigenvalue weighted by molar-refractivity contribution is 5.38. The number of hydrogen-bond acceptors (Lipinski definition) is 3. The summed E-state index contributed by atoms with van der Waals surface area (Å²) in [5, 5.41) is 19.7. The number of ether oxygens (including phenoxy) is 1. The van der Waals surface area contributed by atoms with Gasteiger partial charge in [-0.25, -0.2) is 0 Å².